The molecule has 1 amide bonds. The summed E-state index contributed by atoms with van der Waals surface area (Å²) in [6, 6.07) is 4.21. The molecule has 1 saturated carbocycles. The number of amides is 1. The molecule has 1 N–H and O–H groups in total. The van der Waals surface area contributed by atoms with E-state index in [1.807, 2.05) is 4.90 Å². The Morgan fingerprint density at radius 2 is 2.07 bits per heavy atom. The summed E-state index contributed by atoms with van der Waals surface area (Å²) < 4.78 is 7.36. The Hall–Kier alpha value is -2.22. The number of carbonyl (C=O) groups excluding carboxylic acids is 1. The van der Waals surface area contributed by atoms with Crippen molar-refractivity contribution in [2.24, 2.45) is 0 Å². The summed E-state index contributed by atoms with van der Waals surface area (Å²) in [6.45, 7) is 5.48. The first-order valence-electron chi connectivity index (χ1n) is 10.2. The molecule has 8 nitrogen and oxygen atoms in total. The molecule has 1 aliphatic heterocycles. The molecule has 1 saturated heterocycles. The molecule has 0 spiro atoms. The molecule has 2 aromatic rings. The van der Waals surface area contributed by atoms with E-state index in [-0.39, 0.29) is 11.9 Å². The van der Waals surface area contributed by atoms with Gasteiger partial charge in [-0.15, -0.1) is 5.10 Å². The van der Waals surface area contributed by atoms with E-state index in [1.54, 1.807) is 18.4 Å². The van der Waals surface area contributed by atoms with Gasteiger partial charge in [0.15, 0.2) is 5.76 Å². The maximum Gasteiger partial charge on any atom is 0.289 e. The van der Waals surface area contributed by atoms with Crippen molar-refractivity contribution in [2.45, 2.75) is 57.5 Å². The van der Waals surface area contributed by atoms with Crippen molar-refractivity contribution in [2.75, 3.05) is 26.2 Å². The van der Waals surface area contributed by atoms with Crippen LogP contribution in [0.4, 0.5) is 0 Å². The predicted octanol–water partition coefficient (Wildman–Crippen LogP) is 1.26. The second kappa shape index (κ2) is 8.21. The predicted molar refractivity (Wildman–Crippen MR) is 98.3 cm³/mol. The zero-order chi connectivity index (χ0) is 18.6. The molecule has 3 heterocycles. The van der Waals surface area contributed by atoms with Gasteiger partial charge in [0.25, 0.3) is 5.91 Å². The van der Waals surface area contributed by atoms with E-state index in [4.69, 9.17) is 4.42 Å². The van der Waals surface area contributed by atoms with Gasteiger partial charge in [0, 0.05) is 6.42 Å². The highest BCUT2D eigenvalue weighted by Crippen LogP contribution is 2.29. The van der Waals surface area contributed by atoms with Gasteiger partial charge in [-0.3, -0.25) is 4.79 Å². The summed E-state index contributed by atoms with van der Waals surface area (Å²) >= 11 is 0. The molecule has 4 rings (SSSR count). The van der Waals surface area contributed by atoms with E-state index in [0.717, 1.165) is 38.4 Å². The van der Waals surface area contributed by atoms with Crippen LogP contribution in [0.2, 0.25) is 0 Å². The van der Waals surface area contributed by atoms with Crippen molar-refractivity contribution in [3.63, 3.8) is 0 Å². The third-order valence-electron chi connectivity index (χ3n) is 6.08. The lowest BCUT2D eigenvalue weighted by Gasteiger charge is -2.36. The van der Waals surface area contributed by atoms with Crippen molar-refractivity contribution in [3.05, 3.63) is 30.0 Å². The van der Waals surface area contributed by atoms with Gasteiger partial charge >= 0.3 is 0 Å². The topological polar surface area (TPSA) is 81.5 Å². The highest BCUT2D eigenvalue weighted by atomic mass is 16.3. The van der Waals surface area contributed by atoms with Crippen molar-refractivity contribution >= 4 is 5.91 Å². The van der Waals surface area contributed by atoms with Crippen LogP contribution in [-0.2, 0) is 0 Å². The number of carbonyl (C=O) groups is 1. The standard InChI is InChI=1S/C19H28N6O2/c1-2-16(18-20-21-22-25(18)15-7-4-3-5-8-15)23-10-12-24(13-11-23)19(26)17-9-6-14-27-17/h6,9,14-16H,2-5,7-8,10-13H2,1H3/p+1/t16-/m1/s1. The number of quaternary nitrogens is 1. The number of hydrogen-bond acceptors (Lipinski definition) is 5. The smallest absolute Gasteiger partial charge is 0.289 e. The minimum atomic E-state index is -0.0147. The van der Waals surface area contributed by atoms with Crippen LogP contribution in [0.1, 0.15) is 73.9 Å². The Kier molecular flexibility index (Phi) is 5.52. The molecule has 0 aromatic carbocycles. The molecule has 0 bridgehead atoms. The largest absolute Gasteiger partial charge is 0.459 e. The van der Waals surface area contributed by atoms with Gasteiger partial charge in [0.2, 0.25) is 5.82 Å². The second-order valence-electron chi connectivity index (χ2n) is 7.66. The van der Waals surface area contributed by atoms with Crippen molar-refractivity contribution in [3.8, 4) is 0 Å². The average molecular weight is 373 g/mol. The lowest BCUT2D eigenvalue weighted by molar-refractivity contribution is -0.936. The molecule has 2 fully saturated rings. The maximum absolute atomic E-state index is 12.5. The number of nitrogens with one attached hydrogen (secondary N) is 1. The van der Waals surface area contributed by atoms with Gasteiger partial charge < -0.3 is 14.2 Å². The summed E-state index contributed by atoms with van der Waals surface area (Å²) in [5, 5.41) is 12.8. The molecule has 2 aliphatic rings. The zero-order valence-corrected chi connectivity index (χ0v) is 16.0. The fourth-order valence-corrected chi connectivity index (χ4v) is 4.57. The van der Waals surface area contributed by atoms with E-state index in [9.17, 15) is 4.79 Å². The van der Waals surface area contributed by atoms with Crippen LogP contribution in [0, 0.1) is 0 Å². The molecule has 2 aromatic heterocycles. The molecule has 1 aliphatic carbocycles. The monoisotopic (exact) mass is 373 g/mol. The van der Waals surface area contributed by atoms with E-state index in [1.165, 1.54) is 37.0 Å². The van der Waals surface area contributed by atoms with Gasteiger partial charge in [-0.05, 0) is 35.4 Å². The number of aromatic nitrogens is 4. The number of rotatable bonds is 5. The van der Waals surface area contributed by atoms with Gasteiger partial charge in [0.05, 0.1) is 38.5 Å². The average Bonchev–Trinajstić information content (AvgIpc) is 3.42. The van der Waals surface area contributed by atoms with E-state index < -0.39 is 0 Å². The summed E-state index contributed by atoms with van der Waals surface area (Å²) in [6.07, 6.45) is 8.75. The van der Waals surface area contributed by atoms with Gasteiger partial charge in [-0.25, -0.2) is 4.68 Å². The minimum absolute atomic E-state index is 0.0147. The summed E-state index contributed by atoms with van der Waals surface area (Å²) in [4.78, 5) is 15.8. The third kappa shape index (κ3) is 3.76. The summed E-state index contributed by atoms with van der Waals surface area (Å²) in [7, 11) is 0. The van der Waals surface area contributed by atoms with E-state index >= 15 is 0 Å². The maximum atomic E-state index is 12.5. The number of piperazine rings is 1. The van der Waals surface area contributed by atoms with Crippen molar-refractivity contribution in [1.29, 1.82) is 0 Å². The number of nitrogens with zero attached hydrogens (tertiary/aromatic N) is 5. The SMILES string of the molecule is CC[C@H](c1nnnn1C1CCCCC1)[NH+]1CCN(C(=O)c2ccco2)CC1. The Morgan fingerprint density at radius 3 is 2.74 bits per heavy atom. The van der Waals surface area contributed by atoms with Crippen molar-refractivity contribution < 1.29 is 14.1 Å². The first kappa shape index (κ1) is 18.2. The first-order chi connectivity index (χ1) is 13.3. The van der Waals surface area contributed by atoms with Crippen LogP contribution in [-0.4, -0.2) is 57.2 Å². The molecule has 1 atom stereocenters. The van der Waals surface area contributed by atoms with Crippen LogP contribution in [0.3, 0.4) is 0 Å². The summed E-state index contributed by atoms with van der Waals surface area (Å²) in [5.41, 5.74) is 0. The highest BCUT2D eigenvalue weighted by molar-refractivity contribution is 5.91. The Morgan fingerprint density at radius 1 is 1.30 bits per heavy atom. The molecule has 8 heteroatoms. The first-order valence-corrected chi connectivity index (χ1v) is 10.2. The fourth-order valence-electron chi connectivity index (χ4n) is 4.57. The second-order valence-corrected chi connectivity index (χ2v) is 7.66. The van der Waals surface area contributed by atoms with Gasteiger partial charge in [0.1, 0.15) is 6.04 Å². The van der Waals surface area contributed by atoms with Crippen molar-refractivity contribution in [1.82, 2.24) is 25.1 Å². The Balaban J connectivity index is 1.42. The molecule has 0 radical (unpaired) electrons. The fraction of sp³-hybridized carbons (Fsp3) is 0.684. The van der Waals surface area contributed by atoms with Crippen LogP contribution in [0.15, 0.2) is 22.8 Å². The van der Waals surface area contributed by atoms with Gasteiger partial charge in [-0.2, -0.15) is 0 Å². The molecule has 146 valence electrons. The molecule has 0 unspecified atom stereocenters. The molecule has 27 heavy (non-hydrogen) atoms. The Labute approximate surface area is 159 Å². The summed E-state index contributed by atoms with van der Waals surface area (Å²) in [5.74, 6) is 1.43. The van der Waals surface area contributed by atoms with E-state index in [2.05, 4.69) is 27.1 Å². The number of hydrogen-bond donors (Lipinski definition) is 1. The number of tetrazole rings is 1. The molecular weight excluding hydrogens is 344 g/mol. The van der Waals surface area contributed by atoms with Crippen LogP contribution < -0.4 is 4.90 Å². The zero-order valence-electron chi connectivity index (χ0n) is 16.0. The molecular formula is C19H29N6O2+. The lowest BCUT2D eigenvalue weighted by Crippen LogP contribution is -3.15. The van der Waals surface area contributed by atoms with Crippen LogP contribution >= 0.6 is 0 Å². The minimum Gasteiger partial charge on any atom is -0.459 e. The quantitative estimate of drug-likeness (QED) is 0.853. The van der Waals surface area contributed by atoms with E-state index in [0.29, 0.717) is 11.8 Å². The third-order valence-corrected chi connectivity index (χ3v) is 6.08. The van der Waals surface area contributed by atoms with Crippen LogP contribution in [0.25, 0.3) is 0 Å². The normalized spacial score (nSPS) is 20.7. The highest BCUT2D eigenvalue weighted by Gasteiger charge is 2.34. The van der Waals surface area contributed by atoms with Crippen LogP contribution in [0.5, 0.6) is 0 Å². The lowest BCUT2D eigenvalue weighted by atomic mass is 9.95. The van der Waals surface area contributed by atoms with Gasteiger partial charge in [-0.1, -0.05) is 26.2 Å². The Bertz CT molecular complexity index is 729. The number of furan rings is 1.